The zero-order valence-electron chi connectivity index (χ0n) is 11.1. The summed E-state index contributed by atoms with van der Waals surface area (Å²) >= 11 is 0. The third-order valence-electron chi connectivity index (χ3n) is 3.37. The summed E-state index contributed by atoms with van der Waals surface area (Å²) in [6, 6.07) is 7.67. The van der Waals surface area contributed by atoms with Crippen LogP contribution in [0.5, 0.6) is 0 Å². The number of hydrogen-bond acceptors (Lipinski definition) is 2. The van der Waals surface area contributed by atoms with Gasteiger partial charge in [0.2, 0.25) is 0 Å². The molecule has 3 nitrogen and oxygen atoms in total. The van der Waals surface area contributed by atoms with Gasteiger partial charge >= 0.3 is 0 Å². The number of carbonyl (C=O) groups is 1. The van der Waals surface area contributed by atoms with Crippen molar-refractivity contribution in [3.05, 3.63) is 35.4 Å². The molecule has 0 aromatic heterocycles. The van der Waals surface area contributed by atoms with Crippen molar-refractivity contribution in [3.63, 3.8) is 0 Å². The van der Waals surface area contributed by atoms with E-state index in [-0.39, 0.29) is 5.91 Å². The van der Waals surface area contributed by atoms with E-state index in [0.717, 1.165) is 36.6 Å². The molecule has 0 saturated heterocycles. The molecule has 0 atom stereocenters. The lowest BCUT2D eigenvalue weighted by Crippen LogP contribution is -2.33. The minimum atomic E-state index is 0.152. The molecule has 3 heteroatoms. The molecule has 2 rings (SSSR count). The SMILES string of the molecule is CCCN(CC1CC1)C(=O)c1cccc(CN)c1. The van der Waals surface area contributed by atoms with Gasteiger partial charge < -0.3 is 10.6 Å². The Morgan fingerprint density at radius 1 is 1.44 bits per heavy atom. The van der Waals surface area contributed by atoms with Gasteiger partial charge in [-0.2, -0.15) is 0 Å². The van der Waals surface area contributed by atoms with Gasteiger partial charge in [0.25, 0.3) is 5.91 Å². The first-order valence-corrected chi connectivity index (χ1v) is 6.83. The van der Waals surface area contributed by atoms with Crippen molar-refractivity contribution >= 4 is 5.91 Å². The summed E-state index contributed by atoms with van der Waals surface area (Å²) in [7, 11) is 0. The number of benzene rings is 1. The lowest BCUT2D eigenvalue weighted by molar-refractivity contribution is 0.0747. The van der Waals surface area contributed by atoms with Crippen molar-refractivity contribution in [2.75, 3.05) is 13.1 Å². The van der Waals surface area contributed by atoms with Gasteiger partial charge in [0.05, 0.1) is 0 Å². The highest BCUT2D eigenvalue weighted by Crippen LogP contribution is 2.30. The van der Waals surface area contributed by atoms with Gasteiger partial charge in [-0.3, -0.25) is 4.79 Å². The van der Waals surface area contributed by atoms with Crippen molar-refractivity contribution < 1.29 is 4.79 Å². The molecule has 0 aliphatic heterocycles. The number of amides is 1. The van der Waals surface area contributed by atoms with Crippen LogP contribution in [-0.4, -0.2) is 23.9 Å². The summed E-state index contributed by atoms with van der Waals surface area (Å²) < 4.78 is 0. The van der Waals surface area contributed by atoms with Gasteiger partial charge in [-0.1, -0.05) is 19.1 Å². The van der Waals surface area contributed by atoms with Crippen LogP contribution in [-0.2, 0) is 6.54 Å². The maximum absolute atomic E-state index is 12.5. The fraction of sp³-hybridized carbons (Fsp3) is 0.533. The van der Waals surface area contributed by atoms with Gasteiger partial charge in [0.15, 0.2) is 0 Å². The fourth-order valence-corrected chi connectivity index (χ4v) is 2.17. The Morgan fingerprint density at radius 3 is 2.83 bits per heavy atom. The first-order chi connectivity index (χ1) is 8.74. The molecule has 1 fully saturated rings. The predicted molar refractivity (Wildman–Crippen MR) is 73.3 cm³/mol. The van der Waals surface area contributed by atoms with Gasteiger partial charge in [0, 0.05) is 25.2 Å². The van der Waals surface area contributed by atoms with Gasteiger partial charge in [-0.15, -0.1) is 0 Å². The third kappa shape index (κ3) is 3.33. The summed E-state index contributed by atoms with van der Waals surface area (Å²) in [4.78, 5) is 14.4. The number of hydrogen-bond donors (Lipinski definition) is 1. The van der Waals surface area contributed by atoms with E-state index in [4.69, 9.17) is 5.73 Å². The zero-order valence-corrected chi connectivity index (χ0v) is 11.1. The summed E-state index contributed by atoms with van der Waals surface area (Å²) in [6.07, 6.45) is 3.56. The average Bonchev–Trinajstić information content (AvgIpc) is 3.21. The summed E-state index contributed by atoms with van der Waals surface area (Å²) in [5.74, 6) is 0.886. The maximum Gasteiger partial charge on any atom is 0.253 e. The minimum Gasteiger partial charge on any atom is -0.338 e. The molecule has 1 saturated carbocycles. The smallest absolute Gasteiger partial charge is 0.253 e. The lowest BCUT2D eigenvalue weighted by Gasteiger charge is -2.22. The van der Waals surface area contributed by atoms with E-state index in [9.17, 15) is 4.79 Å². The fourth-order valence-electron chi connectivity index (χ4n) is 2.17. The number of nitrogens with two attached hydrogens (primary N) is 1. The van der Waals surface area contributed by atoms with Crippen LogP contribution >= 0.6 is 0 Å². The summed E-state index contributed by atoms with van der Waals surface area (Å²) in [6.45, 7) is 4.36. The predicted octanol–water partition coefficient (Wildman–Crippen LogP) is 2.41. The molecule has 1 aliphatic rings. The van der Waals surface area contributed by atoms with Gasteiger partial charge in [-0.05, 0) is 42.9 Å². The van der Waals surface area contributed by atoms with E-state index in [1.54, 1.807) is 0 Å². The first kappa shape index (κ1) is 13.1. The number of rotatable bonds is 6. The van der Waals surface area contributed by atoms with Crippen LogP contribution in [0.3, 0.4) is 0 Å². The van der Waals surface area contributed by atoms with E-state index < -0.39 is 0 Å². The molecule has 0 heterocycles. The zero-order chi connectivity index (χ0) is 13.0. The monoisotopic (exact) mass is 246 g/mol. The van der Waals surface area contributed by atoms with Crippen LogP contribution in [0.1, 0.15) is 42.1 Å². The minimum absolute atomic E-state index is 0.152. The highest BCUT2D eigenvalue weighted by Gasteiger charge is 2.26. The second-order valence-electron chi connectivity index (χ2n) is 5.10. The third-order valence-corrected chi connectivity index (χ3v) is 3.37. The Kier molecular flexibility index (Phi) is 4.37. The van der Waals surface area contributed by atoms with E-state index in [1.165, 1.54) is 12.8 Å². The Balaban J connectivity index is 2.09. The van der Waals surface area contributed by atoms with Crippen LogP contribution in [0.4, 0.5) is 0 Å². The summed E-state index contributed by atoms with van der Waals surface area (Å²) in [5, 5.41) is 0. The second kappa shape index (κ2) is 6.01. The number of carbonyl (C=O) groups excluding carboxylic acids is 1. The van der Waals surface area contributed by atoms with Crippen molar-refractivity contribution in [2.24, 2.45) is 11.7 Å². The molecule has 18 heavy (non-hydrogen) atoms. The molecule has 1 amide bonds. The second-order valence-corrected chi connectivity index (χ2v) is 5.10. The first-order valence-electron chi connectivity index (χ1n) is 6.83. The van der Waals surface area contributed by atoms with Crippen molar-refractivity contribution in [3.8, 4) is 0 Å². The van der Waals surface area contributed by atoms with E-state index in [2.05, 4.69) is 6.92 Å². The molecule has 1 aromatic rings. The molecule has 0 bridgehead atoms. The standard InChI is InChI=1S/C15H22N2O/c1-2-8-17(11-12-6-7-12)15(18)14-5-3-4-13(9-14)10-16/h3-5,9,12H,2,6-8,10-11,16H2,1H3. The molecule has 0 spiro atoms. The van der Waals surface area contributed by atoms with E-state index in [0.29, 0.717) is 6.54 Å². The van der Waals surface area contributed by atoms with Crippen LogP contribution < -0.4 is 5.73 Å². The van der Waals surface area contributed by atoms with Crippen LogP contribution in [0.25, 0.3) is 0 Å². The van der Waals surface area contributed by atoms with Crippen molar-refractivity contribution in [1.82, 2.24) is 4.90 Å². The van der Waals surface area contributed by atoms with E-state index in [1.807, 2.05) is 29.2 Å². The topological polar surface area (TPSA) is 46.3 Å². The Morgan fingerprint density at radius 2 is 2.22 bits per heavy atom. The highest BCUT2D eigenvalue weighted by molar-refractivity contribution is 5.94. The molecule has 1 aliphatic carbocycles. The molecule has 0 radical (unpaired) electrons. The van der Waals surface area contributed by atoms with Crippen LogP contribution in [0.2, 0.25) is 0 Å². The van der Waals surface area contributed by atoms with Crippen molar-refractivity contribution in [1.29, 1.82) is 0 Å². The number of nitrogens with zero attached hydrogens (tertiary/aromatic N) is 1. The van der Waals surface area contributed by atoms with Crippen molar-refractivity contribution in [2.45, 2.75) is 32.7 Å². The molecule has 0 unspecified atom stereocenters. The molecular weight excluding hydrogens is 224 g/mol. The highest BCUT2D eigenvalue weighted by atomic mass is 16.2. The van der Waals surface area contributed by atoms with Crippen LogP contribution in [0, 0.1) is 5.92 Å². The molecule has 98 valence electrons. The Labute approximate surface area is 109 Å². The Bertz CT molecular complexity index is 413. The maximum atomic E-state index is 12.5. The molecular formula is C15H22N2O. The molecule has 1 aromatic carbocycles. The van der Waals surface area contributed by atoms with E-state index >= 15 is 0 Å². The largest absolute Gasteiger partial charge is 0.338 e. The van der Waals surface area contributed by atoms with Gasteiger partial charge in [0.1, 0.15) is 0 Å². The average molecular weight is 246 g/mol. The lowest BCUT2D eigenvalue weighted by atomic mass is 10.1. The van der Waals surface area contributed by atoms with Crippen LogP contribution in [0.15, 0.2) is 24.3 Å². The quantitative estimate of drug-likeness (QED) is 0.838. The van der Waals surface area contributed by atoms with Gasteiger partial charge in [-0.25, -0.2) is 0 Å². The molecule has 2 N–H and O–H groups in total. The summed E-state index contributed by atoms with van der Waals surface area (Å²) in [5.41, 5.74) is 7.41. The Hall–Kier alpha value is -1.35. The normalized spacial score (nSPS) is 14.6.